The van der Waals surface area contributed by atoms with Crippen molar-refractivity contribution in [3.8, 4) is 0 Å². The molecule has 1 saturated heterocycles. The molecule has 2 fully saturated rings. The van der Waals surface area contributed by atoms with E-state index in [1.54, 1.807) is 0 Å². The van der Waals surface area contributed by atoms with Crippen LogP contribution in [0.25, 0.3) is 10.9 Å². The monoisotopic (exact) mass is 345 g/mol. The van der Waals surface area contributed by atoms with E-state index in [-0.39, 0.29) is 30.2 Å². The first-order valence-corrected chi connectivity index (χ1v) is 9.61. The van der Waals surface area contributed by atoms with Crippen molar-refractivity contribution in [1.82, 2.24) is 9.29 Å². The van der Waals surface area contributed by atoms with Gasteiger partial charge in [0.1, 0.15) is 0 Å². The van der Waals surface area contributed by atoms with Gasteiger partial charge in [0, 0.05) is 24.2 Å². The van der Waals surface area contributed by atoms with Gasteiger partial charge in [-0.2, -0.15) is 4.31 Å². The second-order valence-corrected chi connectivity index (χ2v) is 8.79. The Morgan fingerprint density at radius 3 is 2.67 bits per heavy atom. The van der Waals surface area contributed by atoms with Gasteiger partial charge >= 0.3 is 0 Å². The first-order chi connectivity index (χ1) is 11.4. The summed E-state index contributed by atoms with van der Waals surface area (Å²) in [5.41, 5.74) is 2.39. The van der Waals surface area contributed by atoms with Crippen molar-refractivity contribution < 1.29 is 13.2 Å². The van der Waals surface area contributed by atoms with E-state index in [0.29, 0.717) is 0 Å². The number of carbonyl (C=O) groups excluding carboxylic acids is 1. The molecule has 1 aromatic heterocycles. The van der Waals surface area contributed by atoms with Gasteiger partial charge in [0.2, 0.25) is 15.9 Å². The smallest absolute Gasteiger partial charge is 0.230 e. The molecule has 0 spiro atoms. The molecule has 6 nitrogen and oxygen atoms in total. The molecule has 24 heavy (non-hydrogen) atoms. The topological polar surface area (TPSA) is 79.4 Å². The van der Waals surface area contributed by atoms with Crippen molar-refractivity contribution in [1.29, 1.82) is 0 Å². The minimum atomic E-state index is -3.17. The fourth-order valence-electron chi connectivity index (χ4n) is 3.03. The van der Waals surface area contributed by atoms with Gasteiger partial charge in [0.05, 0.1) is 22.4 Å². The van der Waals surface area contributed by atoms with Gasteiger partial charge in [-0.25, -0.2) is 8.42 Å². The number of carbonyl (C=O) groups is 1. The molecule has 0 radical (unpaired) electrons. The second kappa shape index (κ2) is 5.53. The molecule has 126 valence electrons. The van der Waals surface area contributed by atoms with E-state index in [9.17, 15) is 13.2 Å². The van der Waals surface area contributed by atoms with Crippen molar-refractivity contribution in [2.75, 3.05) is 18.4 Å². The standard InChI is InChI=1S/C17H19N3O3S/c1-11-8-16(14-4-2-3-5-15(14)18-11)19-17(21)12-9-20(10-12)24(22,23)13-6-7-13/h2-5,8,12-13H,6-7,9-10H2,1H3,(H,18,19,21). The van der Waals surface area contributed by atoms with E-state index in [1.165, 1.54) is 4.31 Å². The van der Waals surface area contributed by atoms with Crippen LogP contribution < -0.4 is 5.32 Å². The zero-order valence-corrected chi connectivity index (χ0v) is 14.2. The summed E-state index contributed by atoms with van der Waals surface area (Å²) in [6, 6.07) is 9.49. The number of aryl methyl sites for hydroxylation is 1. The zero-order valence-electron chi connectivity index (χ0n) is 13.4. The Morgan fingerprint density at radius 2 is 1.96 bits per heavy atom. The summed E-state index contributed by atoms with van der Waals surface area (Å²) in [5, 5.41) is 3.62. The third-order valence-corrected chi connectivity index (χ3v) is 6.96. The maximum absolute atomic E-state index is 12.5. The lowest BCUT2D eigenvalue weighted by Crippen LogP contribution is -2.55. The number of hydrogen-bond acceptors (Lipinski definition) is 4. The maximum atomic E-state index is 12.5. The number of nitrogens with one attached hydrogen (secondary N) is 1. The number of fused-ring (bicyclic) bond motifs is 1. The van der Waals surface area contributed by atoms with Gasteiger partial charge in [-0.05, 0) is 31.9 Å². The summed E-state index contributed by atoms with van der Waals surface area (Å²) < 4.78 is 25.6. The first-order valence-electron chi connectivity index (χ1n) is 8.11. The molecule has 1 saturated carbocycles. The van der Waals surface area contributed by atoms with Gasteiger partial charge in [-0.1, -0.05) is 18.2 Å². The molecule has 4 rings (SSSR count). The summed E-state index contributed by atoms with van der Waals surface area (Å²) in [7, 11) is -3.17. The fraction of sp³-hybridized carbons (Fsp3) is 0.412. The molecule has 1 amide bonds. The molecule has 0 atom stereocenters. The number of nitrogens with zero attached hydrogens (tertiary/aromatic N) is 2. The molecule has 1 N–H and O–H groups in total. The molecule has 1 aromatic carbocycles. The van der Waals surface area contributed by atoms with E-state index in [4.69, 9.17) is 0 Å². The van der Waals surface area contributed by atoms with Crippen LogP contribution in [0.3, 0.4) is 0 Å². The minimum Gasteiger partial charge on any atom is -0.325 e. The van der Waals surface area contributed by atoms with Gasteiger partial charge in [0.15, 0.2) is 0 Å². The maximum Gasteiger partial charge on any atom is 0.230 e. The van der Waals surface area contributed by atoms with Crippen molar-refractivity contribution in [3.63, 3.8) is 0 Å². The van der Waals surface area contributed by atoms with E-state index in [2.05, 4.69) is 10.3 Å². The number of sulfonamides is 1. The molecule has 2 aromatic rings. The van der Waals surface area contributed by atoms with Crippen molar-refractivity contribution in [3.05, 3.63) is 36.0 Å². The lowest BCUT2D eigenvalue weighted by Gasteiger charge is -2.37. The summed E-state index contributed by atoms with van der Waals surface area (Å²) in [6.07, 6.45) is 1.50. The van der Waals surface area contributed by atoms with Crippen molar-refractivity contribution in [2.45, 2.75) is 25.0 Å². The molecule has 0 bridgehead atoms. The minimum absolute atomic E-state index is 0.131. The van der Waals surface area contributed by atoms with Crippen molar-refractivity contribution >= 4 is 32.5 Å². The third-order valence-electron chi connectivity index (χ3n) is 4.63. The van der Waals surface area contributed by atoms with E-state index in [0.717, 1.165) is 35.1 Å². The molecule has 7 heteroatoms. The number of hydrogen-bond donors (Lipinski definition) is 1. The number of amides is 1. The molecule has 1 aliphatic carbocycles. The number of aromatic nitrogens is 1. The van der Waals surface area contributed by atoms with Gasteiger partial charge in [0.25, 0.3) is 0 Å². The molecule has 2 heterocycles. The highest BCUT2D eigenvalue weighted by Crippen LogP contribution is 2.35. The van der Waals surface area contributed by atoms with Crippen LogP contribution in [0, 0.1) is 12.8 Å². The molecular formula is C17H19N3O3S. The van der Waals surface area contributed by atoms with Gasteiger partial charge in [-0.3, -0.25) is 9.78 Å². The Bertz CT molecular complexity index is 916. The van der Waals surface area contributed by atoms with Crippen LogP contribution in [0.1, 0.15) is 18.5 Å². The number of para-hydroxylation sites is 1. The Kier molecular flexibility index (Phi) is 3.58. The lowest BCUT2D eigenvalue weighted by atomic mass is 10.0. The predicted octanol–water partition coefficient (Wildman–Crippen LogP) is 1.91. The molecule has 0 unspecified atom stereocenters. The largest absolute Gasteiger partial charge is 0.325 e. The predicted molar refractivity (Wildman–Crippen MR) is 92.1 cm³/mol. The number of pyridine rings is 1. The highest BCUT2D eigenvalue weighted by atomic mass is 32.2. The number of benzene rings is 1. The van der Waals surface area contributed by atoms with Crippen LogP contribution in [0.15, 0.2) is 30.3 Å². The number of anilines is 1. The number of rotatable bonds is 4. The van der Waals surface area contributed by atoms with Crippen molar-refractivity contribution in [2.24, 2.45) is 5.92 Å². The van der Waals surface area contributed by atoms with E-state index in [1.807, 2.05) is 37.3 Å². The summed E-state index contributed by atoms with van der Waals surface area (Å²) in [6.45, 7) is 2.45. The molecule has 2 aliphatic rings. The summed E-state index contributed by atoms with van der Waals surface area (Å²) in [5.74, 6) is -0.418. The Balaban J connectivity index is 1.48. The van der Waals surface area contributed by atoms with Gasteiger partial charge < -0.3 is 5.32 Å². The second-order valence-electron chi connectivity index (χ2n) is 6.58. The Morgan fingerprint density at radius 1 is 1.25 bits per heavy atom. The fourth-order valence-corrected chi connectivity index (χ4v) is 4.96. The van der Waals surface area contributed by atoms with E-state index < -0.39 is 10.0 Å². The molecular weight excluding hydrogens is 326 g/mol. The Labute approximate surface area is 140 Å². The summed E-state index contributed by atoms with van der Waals surface area (Å²) >= 11 is 0. The SMILES string of the molecule is Cc1cc(NC(=O)C2CN(S(=O)(=O)C3CC3)C2)c2ccccc2n1. The first kappa shape index (κ1) is 15.5. The summed E-state index contributed by atoms with van der Waals surface area (Å²) in [4.78, 5) is 16.9. The molecule has 1 aliphatic heterocycles. The Hall–Kier alpha value is -1.99. The lowest BCUT2D eigenvalue weighted by molar-refractivity contribution is -0.122. The van der Waals surface area contributed by atoms with Crippen LogP contribution in [-0.4, -0.2) is 42.0 Å². The normalized spacial score (nSPS) is 19.2. The highest BCUT2D eigenvalue weighted by molar-refractivity contribution is 7.90. The van der Waals surface area contributed by atoms with Crippen LogP contribution in [-0.2, 0) is 14.8 Å². The van der Waals surface area contributed by atoms with Gasteiger partial charge in [-0.15, -0.1) is 0 Å². The third kappa shape index (κ3) is 2.67. The van der Waals surface area contributed by atoms with Crippen LogP contribution >= 0.6 is 0 Å². The van der Waals surface area contributed by atoms with Crippen LogP contribution in [0.5, 0.6) is 0 Å². The average molecular weight is 345 g/mol. The zero-order chi connectivity index (χ0) is 16.9. The average Bonchev–Trinajstić information content (AvgIpc) is 3.30. The van der Waals surface area contributed by atoms with Crippen LogP contribution in [0.4, 0.5) is 5.69 Å². The van der Waals surface area contributed by atoms with E-state index >= 15 is 0 Å². The van der Waals surface area contributed by atoms with Crippen LogP contribution in [0.2, 0.25) is 0 Å². The highest BCUT2D eigenvalue weighted by Gasteiger charge is 2.46. The quantitative estimate of drug-likeness (QED) is 0.918.